The van der Waals surface area contributed by atoms with E-state index in [0.29, 0.717) is 32.5 Å². The van der Waals surface area contributed by atoms with E-state index < -0.39 is 18.1 Å². The molecule has 15 nitrogen and oxygen atoms in total. The van der Waals surface area contributed by atoms with E-state index in [2.05, 4.69) is 50.4 Å². The first kappa shape index (κ1) is 53.6. The number of esters is 1. The summed E-state index contributed by atoms with van der Waals surface area (Å²) in [5.41, 5.74) is 6.39. The number of aromatic nitrogens is 2. The van der Waals surface area contributed by atoms with Crippen LogP contribution >= 0.6 is 0 Å². The SMILES string of the molecule is CCOC(=O)C(c1ccccc1)N1CCC(NC(=O)CCCc2ccc3c(n2)NCCC3)CC1.O=C(CCCc1ccc2c(n1)NCCC2)NC1CCN(C(C(=O)O)c2ccccc2)CC1.[Li+].[OH-]. The van der Waals surface area contributed by atoms with Gasteiger partial charge in [-0.25, -0.2) is 14.8 Å². The third-order valence-corrected chi connectivity index (χ3v) is 13.1. The molecule has 68 heavy (non-hydrogen) atoms. The third kappa shape index (κ3) is 15.6. The van der Waals surface area contributed by atoms with Crippen molar-refractivity contribution >= 4 is 35.4 Å². The van der Waals surface area contributed by atoms with Crippen LogP contribution in [0, 0.1) is 0 Å². The van der Waals surface area contributed by atoms with Gasteiger partial charge in [0, 0.05) is 75.6 Å². The van der Waals surface area contributed by atoms with Crippen LogP contribution in [0.5, 0.6) is 0 Å². The van der Waals surface area contributed by atoms with Gasteiger partial charge in [-0.2, -0.15) is 0 Å². The third-order valence-electron chi connectivity index (χ3n) is 13.1. The van der Waals surface area contributed by atoms with E-state index >= 15 is 0 Å². The molecule has 8 rings (SSSR count). The van der Waals surface area contributed by atoms with Crippen LogP contribution in [0.1, 0.15) is 117 Å². The van der Waals surface area contributed by atoms with E-state index in [9.17, 15) is 24.3 Å². The molecular formula is C52H69LiN8O7. The topological polar surface area (TPSA) is 208 Å². The smallest absolute Gasteiger partial charge is 0.870 e. The Hall–Kier alpha value is -5.30. The van der Waals surface area contributed by atoms with Gasteiger partial charge in [-0.1, -0.05) is 72.8 Å². The summed E-state index contributed by atoms with van der Waals surface area (Å²) in [6.45, 7) is 6.96. The Kier molecular flexibility index (Phi) is 21.8. The zero-order chi connectivity index (χ0) is 46.1. The Morgan fingerprint density at radius 3 is 1.51 bits per heavy atom. The van der Waals surface area contributed by atoms with E-state index in [1.165, 1.54) is 11.1 Å². The number of carbonyl (C=O) groups excluding carboxylic acids is 3. The number of rotatable bonds is 17. The zero-order valence-electron chi connectivity index (χ0n) is 40.0. The summed E-state index contributed by atoms with van der Waals surface area (Å²) in [6, 6.07) is 26.9. The molecule has 4 aliphatic rings. The summed E-state index contributed by atoms with van der Waals surface area (Å²) in [4.78, 5) is 63.1. The van der Waals surface area contributed by atoms with E-state index in [0.717, 1.165) is 137 Å². The molecule has 4 aliphatic heterocycles. The quantitative estimate of drug-likeness (QED) is 0.0759. The van der Waals surface area contributed by atoms with Gasteiger partial charge in [-0.15, -0.1) is 0 Å². The maximum absolute atomic E-state index is 12.7. The van der Waals surface area contributed by atoms with Crippen LogP contribution in [-0.2, 0) is 49.6 Å². The summed E-state index contributed by atoms with van der Waals surface area (Å²) in [5.74, 6) is 1.14. The van der Waals surface area contributed by atoms with Crippen LogP contribution in [-0.4, -0.2) is 112 Å². The fourth-order valence-corrected chi connectivity index (χ4v) is 9.58. The first-order valence-electron chi connectivity index (χ1n) is 24.3. The fraction of sp³-hybridized carbons (Fsp3) is 0.500. The number of carbonyl (C=O) groups is 4. The van der Waals surface area contributed by atoms with E-state index in [1.807, 2.05) is 72.5 Å². The summed E-state index contributed by atoms with van der Waals surface area (Å²) in [6.07, 6.45) is 11.8. The van der Waals surface area contributed by atoms with Gasteiger partial charge in [0.05, 0.1) is 6.61 Å². The molecule has 4 aromatic rings. The minimum absolute atomic E-state index is 0. The number of aryl methyl sites for hydroxylation is 4. The Balaban J connectivity index is 0.000000247. The normalized spacial score (nSPS) is 17.0. The number of nitrogens with zero attached hydrogens (tertiary/aromatic N) is 4. The average Bonchev–Trinajstić information content (AvgIpc) is 3.33. The molecule has 2 saturated heterocycles. The number of ether oxygens (including phenoxy) is 1. The van der Waals surface area contributed by atoms with Gasteiger partial charge in [0.2, 0.25) is 11.8 Å². The number of benzene rings is 2. The van der Waals surface area contributed by atoms with Crippen molar-refractivity contribution in [2.45, 2.75) is 121 Å². The maximum Gasteiger partial charge on any atom is 1.00 e. The maximum atomic E-state index is 12.7. The Labute approximate surface area is 413 Å². The van der Waals surface area contributed by atoms with Crippen molar-refractivity contribution in [1.29, 1.82) is 0 Å². The van der Waals surface area contributed by atoms with Crippen LogP contribution in [0.2, 0.25) is 0 Å². The number of anilines is 2. The first-order valence-corrected chi connectivity index (χ1v) is 24.3. The molecule has 0 saturated carbocycles. The van der Waals surface area contributed by atoms with Crippen LogP contribution < -0.4 is 40.1 Å². The van der Waals surface area contributed by atoms with Crippen molar-refractivity contribution < 1.29 is 53.4 Å². The molecular weight excluding hydrogens is 856 g/mol. The van der Waals surface area contributed by atoms with Gasteiger partial charge >= 0.3 is 30.8 Å². The Morgan fingerprint density at radius 1 is 0.662 bits per heavy atom. The van der Waals surface area contributed by atoms with Crippen LogP contribution in [0.4, 0.5) is 11.6 Å². The predicted molar refractivity (Wildman–Crippen MR) is 258 cm³/mol. The van der Waals surface area contributed by atoms with Crippen molar-refractivity contribution in [3.8, 4) is 0 Å². The average molecular weight is 925 g/mol. The summed E-state index contributed by atoms with van der Waals surface area (Å²) >= 11 is 0. The molecule has 2 aromatic heterocycles. The first-order chi connectivity index (χ1) is 32.2. The molecule has 6 N–H and O–H groups in total. The predicted octanol–water partition coefficient (Wildman–Crippen LogP) is 3.64. The zero-order valence-corrected chi connectivity index (χ0v) is 40.0. The van der Waals surface area contributed by atoms with E-state index in [-0.39, 0.29) is 54.2 Å². The van der Waals surface area contributed by atoms with Crippen molar-refractivity contribution in [2.75, 3.05) is 56.5 Å². The van der Waals surface area contributed by atoms with Crippen molar-refractivity contribution in [2.24, 2.45) is 0 Å². The second kappa shape index (κ2) is 27.6. The number of piperidine rings is 2. The summed E-state index contributed by atoms with van der Waals surface area (Å²) < 4.78 is 5.36. The number of hydrogen-bond donors (Lipinski definition) is 5. The van der Waals surface area contributed by atoms with Gasteiger partial charge < -0.3 is 36.6 Å². The second-order valence-electron chi connectivity index (χ2n) is 17.9. The largest absolute Gasteiger partial charge is 1.00 e. The van der Waals surface area contributed by atoms with Crippen molar-refractivity contribution in [3.05, 3.63) is 119 Å². The van der Waals surface area contributed by atoms with Gasteiger partial charge in [-0.3, -0.25) is 24.2 Å². The van der Waals surface area contributed by atoms with Crippen LogP contribution in [0.15, 0.2) is 84.9 Å². The number of amides is 2. The molecule has 0 bridgehead atoms. The molecule has 2 unspecified atom stereocenters. The molecule has 6 heterocycles. The minimum Gasteiger partial charge on any atom is -0.870 e. The van der Waals surface area contributed by atoms with Gasteiger partial charge in [0.15, 0.2) is 0 Å². The molecule has 0 radical (unpaired) electrons. The number of carboxylic acids is 1. The monoisotopic (exact) mass is 925 g/mol. The minimum atomic E-state index is -0.829. The van der Waals surface area contributed by atoms with E-state index in [1.54, 1.807) is 0 Å². The molecule has 360 valence electrons. The number of aliphatic carboxylic acids is 1. The second-order valence-corrected chi connectivity index (χ2v) is 17.9. The molecule has 16 heteroatoms. The van der Waals surface area contributed by atoms with Crippen LogP contribution in [0.25, 0.3) is 0 Å². The van der Waals surface area contributed by atoms with Gasteiger partial charge in [0.25, 0.3) is 0 Å². The van der Waals surface area contributed by atoms with Crippen molar-refractivity contribution in [1.82, 2.24) is 30.4 Å². The van der Waals surface area contributed by atoms with Gasteiger partial charge in [0.1, 0.15) is 23.7 Å². The Morgan fingerprint density at radius 2 is 1.09 bits per heavy atom. The Bertz CT molecular complexity index is 2200. The number of carboxylic acid groups (broad SMARTS) is 1. The fourth-order valence-electron chi connectivity index (χ4n) is 9.58. The number of fused-ring (bicyclic) bond motifs is 2. The summed E-state index contributed by atoms with van der Waals surface area (Å²) in [5, 5.41) is 22.8. The molecule has 2 aromatic carbocycles. The molecule has 2 amide bonds. The number of pyridine rings is 2. The molecule has 0 spiro atoms. The number of hydrogen-bond acceptors (Lipinski definition) is 12. The molecule has 2 atom stereocenters. The molecule has 2 fully saturated rings. The van der Waals surface area contributed by atoms with Crippen molar-refractivity contribution in [3.63, 3.8) is 0 Å². The number of likely N-dealkylation sites (tertiary alicyclic amines) is 2. The van der Waals surface area contributed by atoms with Crippen LogP contribution in [0.3, 0.4) is 0 Å². The summed E-state index contributed by atoms with van der Waals surface area (Å²) in [7, 11) is 0. The number of nitrogens with one attached hydrogen (secondary N) is 4. The standard InChI is InChI=1S/C27H36N4O3.C25H32N4O3.Li.H2O/c1-2-34-27(33)25(20-8-4-3-5-9-20)31-18-15-23(16-19-31)29-24(32)12-6-11-22-14-13-21-10-7-17-28-26(21)30-22;30-22(10-4-9-20-12-11-19-8-5-15-26-24(19)28-20)27-21-13-16-29(17-14-21)23(25(31)32)18-6-2-1-3-7-18;;/h3-5,8-9,13-14,23,25H,2,6-7,10-12,15-19H2,1H3,(H,28,30)(H,29,32);1-3,6-7,11-12,21,23H,4-5,8-10,13-17H2,(H,26,28)(H,27,30)(H,31,32);;1H2/q;;+1;/p-1. The van der Waals surface area contributed by atoms with Gasteiger partial charge in [-0.05, 0) is 118 Å². The molecule has 0 aliphatic carbocycles. The van der Waals surface area contributed by atoms with E-state index in [4.69, 9.17) is 14.7 Å².